The van der Waals surface area contributed by atoms with Crippen LogP contribution < -0.4 is 9.47 Å². The summed E-state index contributed by atoms with van der Waals surface area (Å²) in [5, 5.41) is 12.1. The zero-order chi connectivity index (χ0) is 19.0. The molecule has 0 aliphatic carbocycles. The predicted molar refractivity (Wildman–Crippen MR) is 93.8 cm³/mol. The molecule has 3 aromatic rings. The Morgan fingerprint density at radius 3 is 2.70 bits per heavy atom. The Kier molecular flexibility index (Phi) is 4.30. The Morgan fingerprint density at radius 2 is 1.96 bits per heavy atom. The Balaban J connectivity index is 1.45. The van der Waals surface area contributed by atoms with Crippen molar-refractivity contribution in [1.29, 1.82) is 0 Å². The van der Waals surface area contributed by atoms with Crippen molar-refractivity contribution in [3.63, 3.8) is 0 Å². The normalized spacial score (nSPS) is 16.7. The number of methoxy groups -OCH3 is 1. The lowest BCUT2D eigenvalue weighted by Gasteiger charge is -2.15. The summed E-state index contributed by atoms with van der Waals surface area (Å²) in [6.07, 6.45) is 0.541. The minimum absolute atomic E-state index is 0.140. The van der Waals surface area contributed by atoms with Crippen molar-refractivity contribution in [3.8, 4) is 11.8 Å². The van der Waals surface area contributed by atoms with Crippen LogP contribution in [0.25, 0.3) is 5.78 Å². The summed E-state index contributed by atoms with van der Waals surface area (Å²) in [5.74, 6) is 1.15. The number of aromatic nitrogens is 6. The lowest BCUT2D eigenvalue weighted by Crippen LogP contribution is -2.31. The zero-order valence-corrected chi connectivity index (χ0v) is 15.3. The highest BCUT2D eigenvalue weighted by atomic mass is 16.5. The fraction of sp³-hybridized carbons (Fsp3) is 0.412. The van der Waals surface area contributed by atoms with Crippen molar-refractivity contribution >= 4 is 11.7 Å². The number of nitrogens with zero attached hydrogens (tertiary/aromatic N) is 7. The van der Waals surface area contributed by atoms with Crippen LogP contribution in [-0.2, 0) is 0 Å². The summed E-state index contributed by atoms with van der Waals surface area (Å²) in [5.41, 5.74) is 1.71. The second-order valence-corrected chi connectivity index (χ2v) is 6.38. The molecule has 0 saturated carbocycles. The van der Waals surface area contributed by atoms with Gasteiger partial charge in [0.1, 0.15) is 6.10 Å². The second kappa shape index (κ2) is 6.78. The number of likely N-dealkylation sites (tertiary alicyclic amines) is 1. The Morgan fingerprint density at radius 1 is 1.19 bits per heavy atom. The molecule has 4 rings (SSSR count). The molecule has 27 heavy (non-hydrogen) atoms. The van der Waals surface area contributed by atoms with E-state index in [4.69, 9.17) is 9.47 Å². The summed E-state index contributed by atoms with van der Waals surface area (Å²) in [6.45, 7) is 4.79. The number of carbonyl (C=O) groups excluding carboxylic acids is 1. The molecule has 0 bridgehead atoms. The summed E-state index contributed by atoms with van der Waals surface area (Å²) >= 11 is 0. The van der Waals surface area contributed by atoms with Crippen LogP contribution in [0.15, 0.2) is 18.2 Å². The van der Waals surface area contributed by atoms with Gasteiger partial charge in [-0.3, -0.25) is 4.79 Å². The van der Waals surface area contributed by atoms with Gasteiger partial charge in [-0.2, -0.15) is 4.98 Å². The van der Waals surface area contributed by atoms with Gasteiger partial charge in [0.2, 0.25) is 17.6 Å². The number of ether oxygens (including phenoxy) is 2. The van der Waals surface area contributed by atoms with Gasteiger partial charge in [-0.25, -0.2) is 9.50 Å². The van der Waals surface area contributed by atoms with Gasteiger partial charge >= 0.3 is 0 Å². The molecule has 1 atom stereocenters. The van der Waals surface area contributed by atoms with Gasteiger partial charge < -0.3 is 14.4 Å². The first-order valence-electron chi connectivity index (χ1n) is 8.58. The van der Waals surface area contributed by atoms with Crippen molar-refractivity contribution < 1.29 is 14.3 Å². The summed E-state index contributed by atoms with van der Waals surface area (Å²) in [6, 6.07) is 5.26. The topological polar surface area (TPSA) is 108 Å². The lowest BCUT2D eigenvalue weighted by molar-refractivity contribution is 0.0759. The maximum absolute atomic E-state index is 12.8. The van der Waals surface area contributed by atoms with E-state index in [1.54, 1.807) is 21.5 Å². The van der Waals surface area contributed by atoms with Crippen LogP contribution in [0, 0.1) is 13.8 Å². The standard InChI is InChI=1S/C17H19N7O3/c1-10-8-11(2)24-17(18-10)19-15(22-24)16(25)23-7-6-12(9-23)27-14-5-4-13(26-3)20-21-14/h4-5,8,12H,6-7,9H2,1-3H3. The third-order valence-corrected chi connectivity index (χ3v) is 4.35. The molecule has 10 heteroatoms. The van der Waals surface area contributed by atoms with E-state index >= 15 is 0 Å². The number of rotatable bonds is 4. The summed E-state index contributed by atoms with van der Waals surface area (Å²) < 4.78 is 12.4. The minimum Gasteiger partial charge on any atom is -0.480 e. The smallest absolute Gasteiger partial charge is 0.293 e. The van der Waals surface area contributed by atoms with Gasteiger partial charge in [-0.05, 0) is 19.9 Å². The second-order valence-electron chi connectivity index (χ2n) is 6.38. The zero-order valence-electron chi connectivity index (χ0n) is 15.3. The van der Waals surface area contributed by atoms with Gasteiger partial charge in [0.25, 0.3) is 11.7 Å². The van der Waals surface area contributed by atoms with E-state index in [1.807, 2.05) is 19.9 Å². The molecule has 0 aromatic carbocycles. The Bertz CT molecular complexity index is 986. The van der Waals surface area contributed by atoms with Gasteiger partial charge in [0.15, 0.2) is 0 Å². The predicted octanol–water partition coefficient (Wildman–Crippen LogP) is 0.833. The quantitative estimate of drug-likeness (QED) is 0.666. The van der Waals surface area contributed by atoms with E-state index in [-0.39, 0.29) is 17.8 Å². The Hall–Kier alpha value is -3.30. The SMILES string of the molecule is COc1ccc(OC2CCN(C(=O)c3nc4nc(C)cc(C)n4n3)C2)nn1. The van der Waals surface area contributed by atoms with E-state index < -0.39 is 0 Å². The van der Waals surface area contributed by atoms with Crippen LogP contribution in [0.5, 0.6) is 11.8 Å². The molecular weight excluding hydrogens is 350 g/mol. The van der Waals surface area contributed by atoms with Gasteiger partial charge in [0, 0.05) is 36.5 Å². The number of amides is 1. The van der Waals surface area contributed by atoms with Crippen molar-refractivity contribution in [3.05, 3.63) is 35.4 Å². The molecule has 1 amide bonds. The molecular formula is C17H19N7O3. The van der Waals surface area contributed by atoms with E-state index in [0.29, 0.717) is 37.0 Å². The van der Waals surface area contributed by atoms with Crippen molar-refractivity contribution in [2.75, 3.05) is 20.2 Å². The van der Waals surface area contributed by atoms with Gasteiger partial charge in [-0.15, -0.1) is 15.3 Å². The van der Waals surface area contributed by atoms with Crippen LogP contribution in [0.2, 0.25) is 0 Å². The number of hydrogen-bond donors (Lipinski definition) is 0. The van der Waals surface area contributed by atoms with Gasteiger partial charge in [-0.1, -0.05) is 0 Å². The highest BCUT2D eigenvalue weighted by molar-refractivity contribution is 5.91. The fourth-order valence-corrected chi connectivity index (χ4v) is 3.06. The molecule has 0 spiro atoms. The first-order chi connectivity index (χ1) is 13.0. The van der Waals surface area contributed by atoms with E-state index in [2.05, 4.69) is 25.3 Å². The fourth-order valence-electron chi connectivity index (χ4n) is 3.06. The summed E-state index contributed by atoms with van der Waals surface area (Å²) in [4.78, 5) is 23.0. The first kappa shape index (κ1) is 17.1. The van der Waals surface area contributed by atoms with E-state index in [9.17, 15) is 4.79 Å². The molecule has 0 radical (unpaired) electrons. The van der Waals surface area contributed by atoms with Gasteiger partial charge in [0.05, 0.1) is 13.7 Å². The highest BCUT2D eigenvalue weighted by Gasteiger charge is 2.31. The highest BCUT2D eigenvalue weighted by Crippen LogP contribution is 2.19. The molecule has 1 unspecified atom stereocenters. The molecule has 1 aliphatic heterocycles. The maximum atomic E-state index is 12.8. The first-order valence-corrected chi connectivity index (χ1v) is 8.58. The average Bonchev–Trinajstić information content (AvgIpc) is 3.29. The van der Waals surface area contributed by atoms with Crippen LogP contribution in [-0.4, -0.2) is 66.9 Å². The number of fused-ring (bicyclic) bond motifs is 1. The van der Waals surface area contributed by atoms with Crippen LogP contribution in [0.1, 0.15) is 28.4 Å². The van der Waals surface area contributed by atoms with Crippen molar-refractivity contribution in [2.45, 2.75) is 26.4 Å². The van der Waals surface area contributed by atoms with Crippen LogP contribution >= 0.6 is 0 Å². The van der Waals surface area contributed by atoms with Crippen molar-refractivity contribution in [1.82, 2.24) is 34.7 Å². The number of aryl methyl sites for hydroxylation is 2. The number of hydrogen-bond acceptors (Lipinski definition) is 8. The molecule has 140 valence electrons. The van der Waals surface area contributed by atoms with E-state index in [0.717, 1.165) is 11.4 Å². The summed E-state index contributed by atoms with van der Waals surface area (Å²) in [7, 11) is 1.52. The third kappa shape index (κ3) is 3.37. The monoisotopic (exact) mass is 369 g/mol. The maximum Gasteiger partial charge on any atom is 0.293 e. The Labute approximate surface area is 155 Å². The van der Waals surface area contributed by atoms with Crippen LogP contribution in [0.3, 0.4) is 0 Å². The molecule has 1 saturated heterocycles. The van der Waals surface area contributed by atoms with Crippen LogP contribution in [0.4, 0.5) is 0 Å². The minimum atomic E-state index is -0.232. The molecule has 1 aliphatic rings. The molecule has 1 fully saturated rings. The van der Waals surface area contributed by atoms with Crippen molar-refractivity contribution in [2.24, 2.45) is 0 Å². The molecule has 3 aromatic heterocycles. The largest absolute Gasteiger partial charge is 0.480 e. The molecule has 0 N–H and O–H groups in total. The van der Waals surface area contributed by atoms with E-state index in [1.165, 1.54) is 7.11 Å². The third-order valence-electron chi connectivity index (χ3n) is 4.35. The average molecular weight is 369 g/mol. The lowest BCUT2D eigenvalue weighted by atomic mass is 10.3. The molecule has 10 nitrogen and oxygen atoms in total. The number of carbonyl (C=O) groups is 1. The molecule has 4 heterocycles.